The van der Waals surface area contributed by atoms with Gasteiger partial charge < -0.3 is 11.1 Å². The quantitative estimate of drug-likeness (QED) is 0.643. The first-order valence-electron chi connectivity index (χ1n) is 7.39. The summed E-state index contributed by atoms with van der Waals surface area (Å²) in [5.74, 6) is 0.895. The number of hydrogen-bond donors (Lipinski definition) is 2. The van der Waals surface area contributed by atoms with Crippen molar-refractivity contribution in [2.45, 2.75) is 33.1 Å². The third-order valence-corrected chi connectivity index (χ3v) is 3.45. The van der Waals surface area contributed by atoms with E-state index in [-0.39, 0.29) is 0 Å². The molecule has 0 aromatic heterocycles. The molecule has 3 N–H and O–H groups in total. The Bertz CT molecular complexity index is 630. The summed E-state index contributed by atoms with van der Waals surface area (Å²) in [6.07, 6.45) is 0.958. The molecule has 0 amide bonds. The molecule has 0 fully saturated rings. The predicted octanol–water partition coefficient (Wildman–Crippen LogP) is 4.43. The Morgan fingerprint density at radius 3 is 2.62 bits per heavy atom. The molecule has 3 heteroatoms. The third kappa shape index (κ3) is 4.09. The van der Waals surface area contributed by atoms with Crippen LogP contribution in [0.5, 0.6) is 0 Å². The summed E-state index contributed by atoms with van der Waals surface area (Å²) in [6, 6.07) is 16.3. The van der Waals surface area contributed by atoms with Crippen molar-refractivity contribution in [1.82, 2.24) is 0 Å². The average Bonchev–Trinajstić information content (AvgIpc) is 2.48. The topological polar surface area (TPSA) is 50.4 Å². The first-order chi connectivity index (χ1) is 10.1. The van der Waals surface area contributed by atoms with E-state index in [2.05, 4.69) is 49.3 Å². The van der Waals surface area contributed by atoms with E-state index in [9.17, 15) is 0 Å². The van der Waals surface area contributed by atoms with Crippen molar-refractivity contribution in [3.8, 4) is 0 Å². The molecule has 0 bridgehead atoms. The molecule has 2 aromatic carbocycles. The van der Waals surface area contributed by atoms with Gasteiger partial charge in [-0.1, -0.05) is 51.1 Å². The van der Waals surface area contributed by atoms with Crippen LogP contribution in [0.3, 0.4) is 0 Å². The van der Waals surface area contributed by atoms with Gasteiger partial charge in [0.1, 0.15) is 0 Å². The number of nitrogens with two attached hydrogens (primary N) is 1. The van der Waals surface area contributed by atoms with Gasteiger partial charge in [-0.25, -0.2) is 4.99 Å². The van der Waals surface area contributed by atoms with Crippen molar-refractivity contribution >= 4 is 17.3 Å². The highest BCUT2D eigenvalue weighted by Crippen LogP contribution is 2.21. The summed E-state index contributed by atoms with van der Waals surface area (Å²) in [4.78, 5) is 4.46. The molecule has 0 spiro atoms. The summed E-state index contributed by atoms with van der Waals surface area (Å²) in [7, 11) is 0. The lowest BCUT2D eigenvalue weighted by Crippen LogP contribution is -2.22. The lowest BCUT2D eigenvalue weighted by Gasteiger charge is -2.10. The number of nitrogens with one attached hydrogen (secondary N) is 1. The van der Waals surface area contributed by atoms with E-state index >= 15 is 0 Å². The lowest BCUT2D eigenvalue weighted by atomic mass is 10.0. The molecule has 0 saturated heterocycles. The van der Waals surface area contributed by atoms with Crippen molar-refractivity contribution in [2.75, 3.05) is 5.32 Å². The van der Waals surface area contributed by atoms with Gasteiger partial charge in [-0.2, -0.15) is 0 Å². The molecule has 110 valence electrons. The van der Waals surface area contributed by atoms with Gasteiger partial charge in [0.15, 0.2) is 5.96 Å². The molecule has 0 heterocycles. The fourth-order valence-electron chi connectivity index (χ4n) is 2.21. The smallest absolute Gasteiger partial charge is 0.198 e. The van der Waals surface area contributed by atoms with Gasteiger partial charge in [0.25, 0.3) is 0 Å². The van der Waals surface area contributed by atoms with Gasteiger partial charge in [-0.15, -0.1) is 0 Å². The van der Waals surface area contributed by atoms with Gasteiger partial charge in [0, 0.05) is 5.69 Å². The van der Waals surface area contributed by atoms with Crippen LogP contribution < -0.4 is 11.1 Å². The molecule has 0 unspecified atom stereocenters. The fourth-order valence-corrected chi connectivity index (χ4v) is 2.21. The van der Waals surface area contributed by atoms with Crippen LogP contribution in [0.4, 0.5) is 11.4 Å². The number of hydrogen-bond acceptors (Lipinski definition) is 1. The van der Waals surface area contributed by atoms with Crippen LogP contribution >= 0.6 is 0 Å². The van der Waals surface area contributed by atoms with Crippen LogP contribution in [0.25, 0.3) is 0 Å². The fraction of sp³-hybridized carbons (Fsp3) is 0.278. The van der Waals surface area contributed by atoms with Crippen molar-refractivity contribution in [3.63, 3.8) is 0 Å². The van der Waals surface area contributed by atoms with Crippen LogP contribution in [-0.4, -0.2) is 5.96 Å². The number of rotatable bonds is 4. The maximum atomic E-state index is 6.03. The molecule has 0 aliphatic carbocycles. The summed E-state index contributed by atoms with van der Waals surface area (Å²) in [5, 5.41) is 3.19. The van der Waals surface area contributed by atoms with Crippen molar-refractivity contribution in [2.24, 2.45) is 10.7 Å². The molecule has 0 atom stereocenters. The largest absolute Gasteiger partial charge is 0.369 e. The number of benzene rings is 2. The normalized spacial score (nSPS) is 11.7. The molecular weight excluding hydrogens is 258 g/mol. The van der Waals surface area contributed by atoms with E-state index in [1.54, 1.807) is 0 Å². The Morgan fingerprint density at radius 1 is 1.14 bits per heavy atom. The SMILES string of the molecule is CCc1ccccc1NC(N)=Nc1cccc(C(C)C)c1. The van der Waals surface area contributed by atoms with E-state index in [0.29, 0.717) is 11.9 Å². The first-order valence-corrected chi connectivity index (χ1v) is 7.39. The Hall–Kier alpha value is -2.29. The van der Waals surface area contributed by atoms with Crippen molar-refractivity contribution in [3.05, 3.63) is 59.7 Å². The predicted molar refractivity (Wildman–Crippen MR) is 91.3 cm³/mol. The second-order valence-corrected chi connectivity index (χ2v) is 5.38. The molecule has 3 nitrogen and oxygen atoms in total. The van der Waals surface area contributed by atoms with Crippen LogP contribution in [0.15, 0.2) is 53.5 Å². The number of aliphatic imine (C=N–C) groups is 1. The van der Waals surface area contributed by atoms with E-state index < -0.39 is 0 Å². The zero-order valence-corrected chi connectivity index (χ0v) is 12.9. The number of para-hydroxylation sites is 1. The monoisotopic (exact) mass is 281 g/mol. The average molecular weight is 281 g/mol. The van der Waals surface area contributed by atoms with Crippen LogP contribution in [0, 0.1) is 0 Å². The minimum atomic E-state index is 0.414. The van der Waals surface area contributed by atoms with Crippen LogP contribution in [0.1, 0.15) is 37.8 Å². The highest BCUT2D eigenvalue weighted by molar-refractivity contribution is 5.94. The second kappa shape index (κ2) is 6.93. The summed E-state index contributed by atoms with van der Waals surface area (Å²) in [6.45, 7) is 6.46. The zero-order valence-electron chi connectivity index (χ0n) is 12.9. The molecule has 21 heavy (non-hydrogen) atoms. The Labute approximate surface area is 126 Å². The molecule has 0 aliphatic rings. The zero-order chi connectivity index (χ0) is 15.2. The number of anilines is 1. The summed E-state index contributed by atoms with van der Waals surface area (Å²) >= 11 is 0. The number of nitrogens with zero attached hydrogens (tertiary/aromatic N) is 1. The summed E-state index contributed by atoms with van der Waals surface area (Å²) in [5.41, 5.74) is 10.4. The highest BCUT2D eigenvalue weighted by atomic mass is 15.1. The standard InChI is InChI=1S/C18H23N3/c1-4-14-8-5-6-11-17(14)21-18(19)20-16-10-7-9-15(12-16)13(2)3/h5-13H,4H2,1-3H3,(H3,19,20,21). The second-order valence-electron chi connectivity index (χ2n) is 5.38. The maximum absolute atomic E-state index is 6.03. The van der Waals surface area contributed by atoms with Gasteiger partial charge in [0.05, 0.1) is 5.69 Å². The minimum Gasteiger partial charge on any atom is -0.369 e. The van der Waals surface area contributed by atoms with Gasteiger partial charge >= 0.3 is 0 Å². The molecule has 0 radical (unpaired) electrons. The van der Waals surface area contributed by atoms with Crippen molar-refractivity contribution < 1.29 is 0 Å². The third-order valence-electron chi connectivity index (χ3n) is 3.45. The van der Waals surface area contributed by atoms with Gasteiger partial charge in [-0.05, 0) is 41.7 Å². The lowest BCUT2D eigenvalue weighted by molar-refractivity contribution is 0.867. The van der Waals surface area contributed by atoms with E-state index in [0.717, 1.165) is 17.8 Å². The van der Waals surface area contributed by atoms with E-state index in [4.69, 9.17) is 5.73 Å². The molecule has 2 aromatic rings. The van der Waals surface area contributed by atoms with E-state index in [1.165, 1.54) is 11.1 Å². The minimum absolute atomic E-state index is 0.414. The molecule has 0 saturated carbocycles. The van der Waals surface area contributed by atoms with Crippen LogP contribution in [0.2, 0.25) is 0 Å². The van der Waals surface area contributed by atoms with E-state index in [1.807, 2.05) is 30.3 Å². The van der Waals surface area contributed by atoms with Gasteiger partial charge in [-0.3, -0.25) is 0 Å². The highest BCUT2D eigenvalue weighted by Gasteiger charge is 2.02. The molecule has 0 aliphatic heterocycles. The molecular formula is C18H23N3. The Kier molecular flexibility index (Phi) is 4.99. The van der Waals surface area contributed by atoms with Crippen molar-refractivity contribution in [1.29, 1.82) is 0 Å². The maximum Gasteiger partial charge on any atom is 0.198 e. The Balaban J connectivity index is 2.19. The van der Waals surface area contributed by atoms with Gasteiger partial charge in [0.2, 0.25) is 0 Å². The number of guanidine groups is 1. The number of aryl methyl sites for hydroxylation is 1. The molecule has 2 rings (SSSR count). The first kappa shape index (κ1) is 15.1. The summed E-state index contributed by atoms with van der Waals surface area (Å²) < 4.78 is 0. The van der Waals surface area contributed by atoms with Crippen LogP contribution in [-0.2, 0) is 6.42 Å². The Morgan fingerprint density at radius 2 is 1.90 bits per heavy atom.